The Bertz CT molecular complexity index is 703. The summed E-state index contributed by atoms with van der Waals surface area (Å²) in [5, 5.41) is 1.27. The van der Waals surface area contributed by atoms with Gasteiger partial charge in [-0.2, -0.15) is 0 Å². The third-order valence-corrected chi connectivity index (χ3v) is 5.06. The number of nitrogens with two attached hydrogens (primary N) is 1. The fraction of sp³-hybridized carbons (Fsp3) is 0.438. The van der Waals surface area contributed by atoms with Crippen molar-refractivity contribution in [1.82, 2.24) is 9.47 Å². The minimum absolute atomic E-state index is 0.392. The first-order chi connectivity index (χ1) is 9.66. The Labute approximate surface area is 118 Å². The van der Waals surface area contributed by atoms with E-state index in [-0.39, 0.29) is 0 Å². The van der Waals surface area contributed by atoms with Crippen LogP contribution in [-0.2, 0) is 6.42 Å². The SMILES string of the molecule is CN1CCC[C@@H]2c3cccc4c3c(cn4C(N)=O)C[C@H]21. The molecular formula is C16H19N3O. The normalized spacial score (nSPS) is 25.6. The number of aromatic nitrogens is 1. The number of hydrogen-bond donors (Lipinski definition) is 1. The maximum absolute atomic E-state index is 11.6. The third kappa shape index (κ3) is 1.48. The molecule has 20 heavy (non-hydrogen) atoms. The van der Waals surface area contributed by atoms with Crippen LogP contribution in [-0.4, -0.2) is 35.1 Å². The van der Waals surface area contributed by atoms with E-state index in [1.807, 2.05) is 12.3 Å². The van der Waals surface area contributed by atoms with Crippen LogP contribution in [0, 0.1) is 0 Å². The van der Waals surface area contributed by atoms with Gasteiger partial charge < -0.3 is 10.6 Å². The fourth-order valence-electron chi connectivity index (χ4n) is 4.16. The van der Waals surface area contributed by atoms with Crippen LogP contribution in [0.25, 0.3) is 10.9 Å². The zero-order valence-corrected chi connectivity index (χ0v) is 11.7. The molecule has 2 aliphatic rings. The van der Waals surface area contributed by atoms with Gasteiger partial charge in [-0.25, -0.2) is 4.79 Å². The molecule has 4 nitrogen and oxygen atoms in total. The van der Waals surface area contributed by atoms with E-state index < -0.39 is 6.03 Å². The van der Waals surface area contributed by atoms with Crippen molar-refractivity contribution < 1.29 is 4.79 Å². The van der Waals surface area contributed by atoms with Crippen molar-refractivity contribution in [2.45, 2.75) is 31.2 Å². The van der Waals surface area contributed by atoms with Crippen LogP contribution in [0.1, 0.15) is 29.9 Å². The molecule has 1 aliphatic heterocycles. The van der Waals surface area contributed by atoms with Crippen molar-refractivity contribution in [3.8, 4) is 0 Å². The van der Waals surface area contributed by atoms with Gasteiger partial charge in [0.2, 0.25) is 0 Å². The summed E-state index contributed by atoms with van der Waals surface area (Å²) in [5.74, 6) is 0.591. The molecule has 0 spiro atoms. The van der Waals surface area contributed by atoms with E-state index in [0.29, 0.717) is 12.0 Å². The molecule has 0 saturated carbocycles. The standard InChI is InChI=1S/C16H19N3O/c1-18-7-3-5-11-12-4-2-6-13-15(12)10(8-14(11)18)9-19(13)16(17)20/h2,4,6,9,11,14H,3,5,7-8H2,1H3,(H2,17,20)/t11-,14-/m1/s1. The third-order valence-electron chi connectivity index (χ3n) is 5.06. The van der Waals surface area contributed by atoms with Crippen LogP contribution >= 0.6 is 0 Å². The summed E-state index contributed by atoms with van der Waals surface area (Å²) in [4.78, 5) is 14.1. The second-order valence-corrected chi connectivity index (χ2v) is 6.10. The Kier molecular flexibility index (Phi) is 2.45. The molecule has 1 amide bonds. The lowest BCUT2D eigenvalue weighted by Crippen LogP contribution is -2.44. The molecule has 2 aromatic rings. The van der Waals surface area contributed by atoms with Gasteiger partial charge >= 0.3 is 6.03 Å². The Morgan fingerprint density at radius 2 is 2.25 bits per heavy atom. The number of hydrogen-bond acceptors (Lipinski definition) is 2. The average Bonchev–Trinajstić information content (AvgIpc) is 2.81. The van der Waals surface area contributed by atoms with E-state index in [1.54, 1.807) is 4.57 Å². The van der Waals surface area contributed by atoms with E-state index in [0.717, 1.165) is 11.9 Å². The summed E-state index contributed by atoms with van der Waals surface area (Å²) < 4.78 is 1.60. The second kappa shape index (κ2) is 4.09. The molecule has 2 N–H and O–H groups in total. The second-order valence-electron chi connectivity index (χ2n) is 6.10. The van der Waals surface area contributed by atoms with Crippen molar-refractivity contribution in [3.63, 3.8) is 0 Å². The molecule has 1 aliphatic carbocycles. The number of piperidine rings is 1. The molecule has 0 unspecified atom stereocenters. The number of carbonyl (C=O) groups excluding carboxylic acids is 1. The van der Waals surface area contributed by atoms with E-state index >= 15 is 0 Å². The van der Waals surface area contributed by atoms with Gasteiger partial charge in [0, 0.05) is 23.5 Å². The molecule has 4 heteroatoms. The Balaban J connectivity index is 1.97. The summed E-state index contributed by atoms with van der Waals surface area (Å²) in [6.07, 6.45) is 5.46. The number of likely N-dealkylation sites (N-methyl/N-ethyl adjacent to an activating group) is 1. The number of rotatable bonds is 0. The number of fused-ring (bicyclic) bond motifs is 2. The fourth-order valence-corrected chi connectivity index (χ4v) is 4.16. The molecule has 1 aromatic carbocycles. The minimum Gasteiger partial charge on any atom is -0.351 e. The van der Waals surface area contributed by atoms with Gasteiger partial charge in [-0.15, -0.1) is 0 Å². The zero-order chi connectivity index (χ0) is 13.9. The molecule has 2 heterocycles. The highest BCUT2D eigenvalue weighted by Crippen LogP contribution is 2.43. The average molecular weight is 269 g/mol. The van der Waals surface area contributed by atoms with E-state index in [1.165, 1.54) is 35.9 Å². The number of carbonyl (C=O) groups is 1. The van der Waals surface area contributed by atoms with Crippen molar-refractivity contribution in [2.24, 2.45) is 5.73 Å². The maximum Gasteiger partial charge on any atom is 0.323 e. The van der Waals surface area contributed by atoms with Crippen LogP contribution in [0.3, 0.4) is 0 Å². The van der Waals surface area contributed by atoms with Crippen molar-refractivity contribution >= 4 is 16.9 Å². The van der Waals surface area contributed by atoms with Gasteiger partial charge in [-0.05, 0) is 50.0 Å². The van der Waals surface area contributed by atoms with Crippen LogP contribution < -0.4 is 5.73 Å². The maximum atomic E-state index is 11.6. The number of benzene rings is 1. The van der Waals surface area contributed by atoms with E-state index in [2.05, 4.69) is 24.1 Å². The first-order valence-corrected chi connectivity index (χ1v) is 7.29. The van der Waals surface area contributed by atoms with Gasteiger partial charge in [-0.1, -0.05) is 12.1 Å². The lowest BCUT2D eigenvalue weighted by molar-refractivity contribution is 0.157. The van der Waals surface area contributed by atoms with Crippen LogP contribution in [0.2, 0.25) is 0 Å². The van der Waals surface area contributed by atoms with Crippen LogP contribution in [0.5, 0.6) is 0 Å². The van der Waals surface area contributed by atoms with Gasteiger partial charge in [0.15, 0.2) is 0 Å². The van der Waals surface area contributed by atoms with E-state index in [4.69, 9.17) is 5.73 Å². The predicted molar refractivity (Wildman–Crippen MR) is 79.0 cm³/mol. The molecule has 0 bridgehead atoms. The highest BCUT2D eigenvalue weighted by atomic mass is 16.2. The van der Waals surface area contributed by atoms with Gasteiger partial charge in [0.05, 0.1) is 5.52 Å². The topological polar surface area (TPSA) is 51.3 Å². The molecule has 104 valence electrons. The smallest absolute Gasteiger partial charge is 0.323 e. The monoisotopic (exact) mass is 269 g/mol. The van der Waals surface area contributed by atoms with Crippen molar-refractivity contribution in [2.75, 3.05) is 13.6 Å². The van der Waals surface area contributed by atoms with Crippen LogP contribution in [0.15, 0.2) is 24.4 Å². The largest absolute Gasteiger partial charge is 0.351 e. The molecule has 1 fully saturated rings. The highest BCUT2D eigenvalue weighted by molar-refractivity contribution is 5.96. The lowest BCUT2D eigenvalue weighted by Gasteiger charge is -2.42. The highest BCUT2D eigenvalue weighted by Gasteiger charge is 2.36. The molecule has 2 atom stereocenters. The first-order valence-electron chi connectivity index (χ1n) is 7.29. The summed E-state index contributed by atoms with van der Waals surface area (Å²) >= 11 is 0. The molecule has 4 rings (SSSR count). The number of likely N-dealkylation sites (tertiary alicyclic amines) is 1. The molecular weight excluding hydrogens is 250 g/mol. The number of nitrogens with zero attached hydrogens (tertiary/aromatic N) is 2. The quantitative estimate of drug-likeness (QED) is 0.798. The number of primary amides is 1. The van der Waals surface area contributed by atoms with Gasteiger partial charge in [0.25, 0.3) is 0 Å². The first kappa shape index (κ1) is 12.0. The molecule has 0 radical (unpaired) electrons. The summed E-state index contributed by atoms with van der Waals surface area (Å²) in [6, 6.07) is 6.45. The summed E-state index contributed by atoms with van der Waals surface area (Å²) in [6.45, 7) is 1.17. The summed E-state index contributed by atoms with van der Waals surface area (Å²) in [5.41, 5.74) is 9.15. The minimum atomic E-state index is -0.392. The Hall–Kier alpha value is -1.81. The van der Waals surface area contributed by atoms with Crippen LogP contribution in [0.4, 0.5) is 4.79 Å². The van der Waals surface area contributed by atoms with Gasteiger partial charge in [-0.3, -0.25) is 4.57 Å². The molecule has 1 aromatic heterocycles. The van der Waals surface area contributed by atoms with E-state index in [9.17, 15) is 4.79 Å². The van der Waals surface area contributed by atoms with Crippen molar-refractivity contribution in [3.05, 3.63) is 35.5 Å². The van der Waals surface area contributed by atoms with Gasteiger partial charge in [0.1, 0.15) is 0 Å². The Morgan fingerprint density at radius 3 is 3.05 bits per heavy atom. The summed E-state index contributed by atoms with van der Waals surface area (Å²) in [7, 11) is 2.22. The molecule has 1 saturated heterocycles. The Morgan fingerprint density at radius 1 is 1.40 bits per heavy atom. The number of amides is 1. The predicted octanol–water partition coefficient (Wildman–Crippen LogP) is 2.30. The zero-order valence-electron chi connectivity index (χ0n) is 11.7. The van der Waals surface area contributed by atoms with Crippen molar-refractivity contribution in [1.29, 1.82) is 0 Å². The lowest BCUT2D eigenvalue weighted by atomic mass is 9.75.